The number of hydrogen-bond donors (Lipinski definition) is 1. The summed E-state index contributed by atoms with van der Waals surface area (Å²) in [5.41, 5.74) is 1.32. The number of amides is 1. The van der Waals surface area contributed by atoms with Gasteiger partial charge in [0.2, 0.25) is 5.91 Å². The van der Waals surface area contributed by atoms with Gasteiger partial charge >= 0.3 is 0 Å². The number of hydrogen-bond acceptors (Lipinski definition) is 4. The van der Waals surface area contributed by atoms with Gasteiger partial charge in [-0.25, -0.2) is 0 Å². The number of nitrogens with zero attached hydrogens (tertiary/aromatic N) is 1. The number of carbonyl (C=O) groups is 2. The molecule has 0 bridgehead atoms. The van der Waals surface area contributed by atoms with Gasteiger partial charge in [0.15, 0.2) is 6.29 Å². The summed E-state index contributed by atoms with van der Waals surface area (Å²) in [7, 11) is 1.59. The van der Waals surface area contributed by atoms with Gasteiger partial charge in [-0.1, -0.05) is 15.9 Å². The van der Waals surface area contributed by atoms with Crippen LogP contribution in [-0.2, 0) is 9.53 Å². The first-order valence-electron chi connectivity index (χ1n) is 5.98. The molecule has 0 aromatic heterocycles. The summed E-state index contributed by atoms with van der Waals surface area (Å²) < 4.78 is 6.23. The van der Waals surface area contributed by atoms with Crippen molar-refractivity contribution in [2.45, 2.75) is 6.04 Å². The maximum atomic E-state index is 11.9. The largest absolute Gasteiger partial charge is 0.377 e. The number of carbonyl (C=O) groups excluding carboxylic acids is 2. The van der Waals surface area contributed by atoms with Gasteiger partial charge in [0.1, 0.15) is 6.04 Å². The van der Waals surface area contributed by atoms with Crippen LogP contribution in [0.25, 0.3) is 0 Å². The monoisotopic (exact) mass is 326 g/mol. The van der Waals surface area contributed by atoms with Crippen molar-refractivity contribution in [2.24, 2.45) is 0 Å². The Labute approximate surface area is 120 Å². The molecular weight excluding hydrogens is 312 g/mol. The van der Waals surface area contributed by atoms with E-state index in [0.29, 0.717) is 25.3 Å². The lowest BCUT2D eigenvalue weighted by Crippen LogP contribution is -2.53. The molecule has 1 amide bonds. The van der Waals surface area contributed by atoms with E-state index in [9.17, 15) is 9.59 Å². The van der Waals surface area contributed by atoms with Crippen LogP contribution in [0.15, 0.2) is 22.7 Å². The summed E-state index contributed by atoms with van der Waals surface area (Å²) in [4.78, 5) is 25.0. The van der Waals surface area contributed by atoms with Crippen LogP contribution in [0, 0.1) is 0 Å². The second kappa shape index (κ2) is 6.16. The van der Waals surface area contributed by atoms with Gasteiger partial charge in [-0.15, -0.1) is 0 Å². The van der Waals surface area contributed by atoms with E-state index in [1.54, 1.807) is 13.1 Å². The predicted octanol–water partition coefficient (Wildman–Crippen LogP) is 1.21. The number of ether oxygens (including phenoxy) is 1. The molecule has 102 valence electrons. The van der Waals surface area contributed by atoms with E-state index >= 15 is 0 Å². The highest BCUT2D eigenvalue weighted by atomic mass is 79.9. The van der Waals surface area contributed by atoms with Crippen LogP contribution in [0.1, 0.15) is 10.4 Å². The molecule has 1 aromatic carbocycles. The Kier molecular flexibility index (Phi) is 4.55. The van der Waals surface area contributed by atoms with Gasteiger partial charge in [0, 0.05) is 29.3 Å². The second-order valence-corrected chi connectivity index (χ2v) is 5.14. The lowest BCUT2D eigenvalue weighted by molar-refractivity contribution is -0.124. The third kappa shape index (κ3) is 2.96. The number of benzene rings is 1. The van der Waals surface area contributed by atoms with Crippen LogP contribution in [0.3, 0.4) is 0 Å². The fourth-order valence-electron chi connectivity index (χ4n) is 2.14. The Morgan fingerprint density at radius 2 is 2.37 bits per heavy atom. The molecule has 1 saturated heterocycles. The Morgan fingerprint density at radius 1 is 1.58 bits per heavy atom. The summed E-state index contributed by atoms with van der Waals surface area (Å²) in [5.74, 6) is -0.114. The Balaban J connectivity index is 2.39. The van der Waals surface area contributed by atoms with Gasteiger partial charge in [-0.05, 0) is 18.2 Å². The highest BCUT2D eigenvalue weighted by Gasteiger charge is 2.30. The number of rotatable bonds is 3. The van der Waals surface area contributed by atoms with Crippen LogP contribution in [0.5, 0.6) is 0 Å². The lowest BCUT2D eigenvalue weighted by atomic mass is 10.1. The Morgan fingerprint density at radius 3 is 3.05 bits per heavy atom. The van der Waals surface area contributed by atoms with Crippen LogP contribution >= 0.6 is 15.9 Å². The van der Waals surface area contributed by atoms with E-state index in [-0.39, 0.29) is 5.91 Å². The molecule has 1 unspecified atom stereocenters. The quantitative estimate of drug-likeness (QED) is 0.848. The molecule has 1 atom stereocenters. The molecule has 1 aliphatic rings. The smallest absolute Gasteiger partial charge is 0.244 e. The van der Waals surface area contributed by atoms with Gasteiger partial charge < -0.3 is 15.0 Å². The van der Waals surface area contributed by atoms with Crippen molar-refractivity contribution in [3.63, 3.8) is 0 Å². The van der Waals surface area contributed by atoms with Gasteiger partial charge in [0.25, 0.3) is 0 Å². The van der Waals surface area contributed by atoms with Crippen LogP contribution < -0.4 is 10.2 Å². The number of morpholine rings is 1. The maximum absolute atomic E-state index is 11.9. The molecule has 2 rings (SSSR count). The summed E-state index contributed by atoms with van der Waals surface area (Å²) in [6.45, 7) is 1.44. The van der Waals surface area contributed by atoms with Crippen molar-refractivity contribution in [2.75, 3.05) is 31.7 Å². The molecule has 6 heteroatoms. The van der Waals surface area contributed by atoms with Crippen molar-refractivity contribution in [3.8, 4) is 0 Å². The first-order chi connectivity index (χ1) is 9.17. The summed E-state index contributed by atoms with van der Waals surface area (Å²) in [6.07, 6.45) is 0.804. The third-order valence-electron chi connectivity index (χ3n) is 3.11. The molecule has 1 fully saturated rings. The predicted molar refractivity (Wildman–Crippen MR) is 75.5 cm³/mol. The van der Waals surface area contributed by atoms with E-state index in [2.05, 4.69) is 21.2 Å². The van der Waals surface area contributed by atoms with E-state index in [1.807, 2.05) is 17.0 Å². The van der Waals surface area contributed by atoms with Crippen molar-refractivity contribution in [1.29, 1.82) is 0 Å². The molecule has 1 N–H and O–H groups in total. The highest BCUT2D eigenvalue weighted by Crippen LogP contribution is 2.27. The minimum absolute atomic E-state index is 0.114. The van der Waals surface area contributed by atoms with E-state index in [0.717, 1.165) is 16.4 Å². The molecule has 0 spiro atoms. The summed E-state index contributed by atoms with van der Waals surface area (Å²) >= 11 is 3.39. The zero-order valence-electron chi connectivity index (χ0n) is 10.6. The van der Waals surface area contributed by atoms with Crippen molar-refractivity contribution >= 4 is 33.8 Å². The average molecular weight is 327 g/mol. The number of nitrogens with one attached hydrogen (secondary N) is 1. The number of likely N-dealkylation sites (N-methyl/N-ethyl adjacent to an activating group) is 1. The molecule has 5 nitrogen and oxygen atoms in total. The minimum atomic E-state index is -0.410. The molecular formula is C13H15BrN2O3. The number of anilines is 1. The van der Waals surface area contributed by atoms with Crippen LogP contribution in [0.4, 0.5) is 5.69 Å². The number of aldehydes is 1. The molecule has 1 aliphatic heterocycles. The minimum Gasteiger partial charge on any atom is -0.377 e. The average Bonchev–Trinajstić information content (AvgIpc) is 2.46. The van der Waals surface area contributed by atoms with E-state index in [4.69, 9.17) is 4.74 Å². The Hall–Kier alpha value is -1.40. The zero-order valence-corrected chi connectivity index (χ0v) is 12.1. The molecule has 0 saturated carbocycles. The summed E-state index contributed by atoms with van der Waals surface area (Å²) in [6, 6.07) is 4.99. The molecule has 0 radical (unpaired) electrons. The normalized spacial score (nSPS) is 19.1. The molecule has 1 heterocycles. The molecule has 19 heavy (non-hydrogen) atoms. The number of halogens is 1. The van der Waals surface area contributed by atoms with Crippen LogP contribution in [-0.4, -0.2) is 45.0 Å². The SMILES string of the molecule is CNC(=O)C1COCCN1c1cc(Br)ccc1C=O. The molecule has 0 aliphatic carbocycles. The van der Waals surface area contributed by atoms with Gasteiger partial charge in [-0.2, -0.15) is 0 Å². The Bertz CT molecular complexity index is 493. The second-order valence-electron chi connectivity index (χ2n) is 4.22. The van der Waals surface area contributed by atoms with Gasteiger partial charge in [0.05, 0.1) is 13.2 Å². The highest BCUT2D eigenvalue weighted by molar-refractivity contribution is 9.10. The fraction of sp³-hybridized carbons (Fsp3) is 0.385. The van der Waals surface area contributed by atoms with E-state index in [1.165, 1.54) is 0 Å². The zero-order chi connectivity index (χ0) is 13.8. The lowest BCUT2D eigenvalue weighted by Gasteiger charge is -2.36. The van der Waals surface area contributed by atoms with Crippen LogP contribution in [0.2, 0.25) is 0 Å². The molecule has 1 aromatic rings. The van der Waals surface area contributed by atoms with Crippen molar-refractivity contribution in [1.82, 2.24) is 5.32 Å². The standard InChI is InChI=1S/C13H15BrN2O3/c1-15-13(18)12-8-19-5-4-16(12)11-6-10(14)3-2-9(11)7-17/h2-3,6-7,12H,4-5,8H2,1H3,(H,15,18). The van der Waals surface area contributed by atoms with Gasteiger partial charge in [-0.3, -0.25) is 9.59 Å². The fourth-order valence-corrected chi connectivity index (χ4v) is 2.49. The van der Waals surface area contributed by atoms with Crippen molar-refractivity contribution < 1.29 is 14.3 Å². The third-order valence-corrected chi connectivity index (χ3v) is 3.60. The van der Waals surface area contributed by atoms with Crippen molar-refractivity contribution in [3.05, 3.63) is 28.2 Å². The first kappa shape index (κ1) is 14.0. The maximum Gasteiger partial charge on any atom is 0.244 e. The first-order valence-corrected chi connectivity index (χ1v) is 6.77. The topological polar surface area (TPSA) is 58.6 Å². The van der Waals surface area contributed by atoms with E-state index < -0.39 is 6.04 Å². The summed E-state index contributed by atoms with van der Waals surface area (Å²) in [5, 5.41) is 2.63.